The van der Waals surface area contributed by atoms with E-state index in [1.165, 1.54) is 0 Å². The molecule has 0 bridgehead atoms. The number of fused-ring (bicyclic) bond motifs is 3. The van der Waals surface area contributed by atoms with E-state index >= 15 is 0 Å². The van der Waals surface area contributed by atoms with E-state index in [1.807, 2.05) is 39.7 Å². The third-order valence-corrected chi connectivity index (χ3v) is 4.36. The Labute approximate surface area is 130 Å². The molecule has 110 valence electrons. The van der Waals surface area contributed by atoms with Crippen molar-refractivity contribution < 1.29 is 14.3 Å². The van der Waals surface area contributed by atoms with Gasteiger partial charge in [-0.1, -0.05) is 0 Å². The summed E-state index contributed by atoms with van der Waals surface area (Å²) in [5.74, 6) is 1.47. The smallest absolute Gasteiger partial charge is 0.170 e. The Kier molecular flexibility index (Phi) is 2.97. The maximum absolute atomic E-state index is 11.3. The SMILES string of the molecule is COc1ccc2c(c1)OCc1c(C=O)nn(-c3ccsc3)c1-2. The lowest BCUT2D eigenvalue weighted by Gasteiger charge is -2.19. The van der Waals surface area contributed by atoms with Crippen LogP contribution in [0.1, 0.15) is 16.1 Å². The van der Waals surface area contributed by atoms with Crippen LogP contribution in [-0.4, -0.2) is 23.2 Å². The third-order valence-electron chi connectivity index (χ3n) is 3.69. The summed E-state index contributed by atoms with van der Waals surface area (Å²) >= 11 is 1.59. The Morgan fingerprint density at radius 2 is 2.32 bits per heavy atom. The molecule has 0 saturated carbocycles. The molecule has 1 aliphatic heterocycles. The molecule has 2 aromatic heterocycles. The number of carbonyl (C=O) groups is 1. The topological polar surface area (TPSA) is 53.4 Å². The number of benzene rings is 1. The normalized spacial score (nSPS) is 12.2. The van der Waals surface area contributed by atoms with E-state index < -0.39 is 0 Å². The predicted molar refractivity (Wildman–Crippen MR) is 83.1 cm³/mol. The fraction of sp³-hybridized carbons (Fsp3) is 0.125. The van der Waals surface area contributed by atoms with Gasteiger partial charge in [0, 0.05) is 22.6 Å². The van der Waals surface area contributed by atoms with E-state index in [2.05, 4.69) is 5.10 Å². The van der Waals surface area contributed by atoms with Crippen molar-refractivity contribution in [2.75, 3.05) is 7.11 Å². The minimum Gasteiger partial charge on any atom is -0.497 e. The molecule has 3 aromatic rings. The summed E-state index contributed by atoms with van der Waals surface area (Å²) in [6.07, 6.45) is 0.777. The highest BCUT2D eigenvalue weighted by Crippen LogP contribution is 2.41. The van der Waals surface area contributed by atoms with Gasteiger partial charge in [0.15, 0.2) is 6.29 Å². The van der Waals surface area contributed by atoms with Crippen molar-refractivity contribution >= 4 is 17.6 Å². The molecule has 0 fully saturated rings. The molecule has 0 amide bonds. The van der Waals surface area contributed by atoms with Crippen LogP contribution >= 0.6 is 11.3 Å². The van der Waals surface area contributed by atoms with Crippen LogP contribution in [0.3, 0.4) is 0 Å². The van der Waals surface area contributed by atoms with Crippen LogP contribution in [0.25, 0.3) is 16.9 Å². The van der Waals surface area contributed by atoms with Crippen molar-refractivity contribution in [2.45, 2.75) is 6.61 Å². The molecule has 6 heteroatoms. The number of ether oxygens (including phenoxy) is 2. The summed E-state index contributed by atoms with van der Waals surface area (Å²) in [7, 11) is 1.62. The summed E-state index contributed by atoms with van der Waals surface area (Å²) in [6.45, 7) is 0.327. The number of rotatable bonds is 3. The van der Waals surface area contributed by atoms with Crippen molar-refractivity contribution in [3.8, 4) is 28.4 Å². The molecule has 0 atom stereocenters. The highest BCUT2D eigenvalue weighted by Gasteiger charge is 2.27. The second-order valence-corrected chi connectivity index (χ2v) is 5.65. The zero-order valence-electron chi connectivity index (χ0n) is 11.8. The molecule has 0 saturated heterocycles. The minimum atomic E-state index is 0.327. The molecule has 0 N–H and O–H groups in total. The fourth-order valence-electron chi connectivity index (χ4n) is 2.64. The van der Waals surface area contributed by atoms with Crippen LogP contribution in [0.15, 0.2) is 35.0 Å². The second kappa shape index (κ2) is 4.99. The number of aldehydes is 1. The lowest BCUT2D eigenvalue weighted by molar-refractivity contribution is 0.111. The third kappa shape index (κ3) is 1.84. The number of aromatic nitrogens is 2. The van der Waals surface area contributed by atoms with E-state index in [4.69, 9.17) is 9.47 Å². The number of thiophene rings is 1. The number of hydrogen-bond donors (Lipinski definition) is 0. The standard InChI is InChI=1S/C16H12N2O3S/c1-20-11-2-3-12-15(6-11)21-8-13-14(7-19)17-18(16(12)13)10-4-5-22-9-10/h2-7,9H,8H2,1H3. The van der Waals surface area contributed by atoms with Crippen molar-refractivity contribution in [1.82, 2.24) is 9.78 Å². The number of carbonyl (C=O) groups excluding carboxylic acids is 1. The Morgan fingerprint density at radius 3 is 3.05 bits per heavy atom. The van der Waals surface area contributed by atoms with Gasteiger partial charge in [-0.3, -0.25) is 4.79 Å². The van der Waals surface area contributed by atoms with Gasteiger partial charge in [-0.2, -0.15) is 16.4 Å². The fourth-order valence-corrected chi connectivity index (χ4v) is 3.25. The molecule has 0 unspecified atom stereocenters. The van der Waals surface area contributed by atoms with Crippen LogP contribution in [-0.2, 0) is 6.61 Å². The molecule has 22 heavy (non-hydrogen) atoms. The number of hydrogen-bond acceptors (Lipinski definition) is 5. The van der Waals surface area contributed by atoms with Gasteiger partial charge in [0.05, 0.1) is 18.5 Å². The lowest BCUT2D eigenvalue weighted by atomic mass is 10.0. The van der Waals surface area contributed by atoms with Gasteiger partial charge in [0.1, 0.15) is 23.8 Å². The van der Waals surface area contributed by atoms with E-state index in [1.54, 1.807) is 18.4 Å². The minimum absolute atomic E-state index is 0.327. The molecule has 0 radical (unpaired) electrons. The van der Waals surface area contributed by atoms with E-state index in [0.29, 0.717) is 12.3 Å². The maximum Gasteiger partial charge on any atom is 0.170 e. The van der Waals surface area contributed by atoms with Crippen molar-refractivity contribution in [2.24, 2.45) is 0 Å². The van der Waals surface area contributed by atoms with E-state index in [-0.39, 0.29) is 0 Å². The lowest BCUT2D eigenvalue weighted by Crippen LogP contribution is -2.08. The average molecular weight is 312 g/mol. The van der Waals surface area contributed by atoms with Gasteiger partial charge < -0.3 is 9.47 Å². The van der Waals surface area contributed by atoms with Gasteiger partial charge in [-0.15, -0.1) is 0 Å². The molecular weight excluding hydrogens is 300 g/mol. The first-order chi connectivity index (χ1) is 10.8. The van der Waals surface area contributed by atoms with Crippen LogP contribution in [0.4, 0.5) is 0 Å². The molecule has 1 aliphatic rings. The largest absolute Gasteiger partial charge is 0.497 e. The summed E-state index contributed by atoms with van der Waals surface area (Å²) in [4.78, 5) is 11.3. The predicted octanol–water partition coefficient (Wildman–Crippen LogP) is 3.31. The molecular formula is C16H12N2O3S. The van der Waals surface area contributed by atoms with Crippen LogP contribution in [0, 0.1) is 0 Å². The zero-order valence-corrected chi connectivity index (χ0v) is 12.6. The van der Waals surface area contributed by atoms with Gasteiger partial charge in [0.2, 0.25) is 0 Å². The Balaban J connectivity index is 1.98. The Bertz CT molecular complexity index is 853. The zero-order chi connectivity index (χ0) is 15.1. The van der Waals surface area contributed by atoms with Crippen LogP contribution in [0.2, 0.25) is 0 Å². The second-order valence-electron chi connectivity index (χ2n) is 4.87. The highest BCUT2D eigenvalue weighted by molar-refractivity contribution is 7.08. The molecule has 5 nitrogen and oxygen atoms in total. The molecule has 3 heterocycles. The van der Waals surface area contributed by atoms with E-state index in [0.717, 1.165) is 40.3 Å². The van der Waals surface area contributed by atoms with Crippen LogP contribution < -0.4 is 9.47 Å². The average Bonchev–Trinajstić information content (AvgIpc) is 3.21. The molecule has 1 aromatic carbocycles. The van der Waals surface area contributed by atoms with Gasteiger partial charge in [0.25, 0.3) is 0 Å². The summed E-state index contributed by atoms with van der Waals surface area (Å²) in [6, 6.07) is 7.64. The summed E-state index contributed by atoms with van der Waals surface area (Å²) < 4.78 is 12.8. The summed E-state index contributed by atoms with van der Waals surface area (Å²) in [5, 5.41) is 8.42. The van der Waals surface area contributed by atoms with Crippen molar-refractivity contribution in [3.05, 3.63) is 46.3 Å². The van der Waals surface area contributed by atoms with Gasteiger partial charge >= 0.3 is 0 Å². The van der Waals surface area contributed by atoms with Crippen molar-refractivity contribution in [1.29, 1.82) is 0 Å². The quantitative estimate of drug-likeness (QED) is 0.696. The number of nitrogens with zero attached hydrogens (tertiary/aromatic N) is 2. The monoisotopic (exact) mass is 312 g/mol. The Morgan fingerprint density at radius 1 is 1.41 bits per heavy atom. The molecule has 0 spiro atoms. The molecule has 0 aliphatic carbocycles. The van der Waals surface area contributed by atoms with Gasteiger partial charge in [-0.05, 0) is 23.6 Å². The maximum atomic E-state index is 11.3. The first-order valence-corrected chi connectivity index (χ1v) is 7.67. The summed E-state index contributed by atoms with van der Waals surface area (Å²) in [5.41, 5.74) is 4.00. The van der Waals surface area contributed by atoms with Crippen molar-refractivity contribution in [3.63, 3.8) is 0 Å². The number of methoxy groups -OCH3 is 1. The molecule has 4 rings (SSSR count). The highest BCUT2D eigenvalue weighted by atomic mass is 32.1. The van der Waals surface area contributed by atoms with Gasteiger partial charge in [-0.25, -0.2) is 4.68 Å². The van der Waals surface area contributed by atoms with Crippen LogP contribution in [0.5, 0.6) is 11.5 Å². The Hall–Kier alpha value is -2.60. The first-order valence-electron chi connectivity index (χ1n) is 6.72. The first kappa shape index (κ1) is 13.1. The van der Waals surface area contributed by atoms with E-state index in [9.17, 15) is 4.79 Å².